The van der Waals surface area contributed by atoms with Crippen LogP contribution in [0.25, 0.3) is 0 Å². The van der Waals surface area contributed by atoms with Crippen molar-refractivity contribution in [3.05, 3.63) is 0 Å². The maximum atomic E-state index is 12.1. The second-order valence-electron chi connectivity index (χ2n) is 6.54. The molecule has 2 bridgehead atoms. The third kappa shape index (κ3) is 1.41. The number of aliphatic hydroxyl groups excluding tert-OH is 1. The van der Waals surface area contributed by atoms with Crippen LogP contribution in [-0.4, -0.2) is 23.2 Å². The van der Waals surface area contributed by atoms with Gasteiger partial charge >= 0.3 is 0 Å². The van der Waals surface area contributed by atoms with Gasteiger partial charge in [0.05, 0.1) is 12.1 Å². The van der Waals surface area contributed by atoms with E-state index in [2.05, 4.69) is 5.32 Å². The molecule has 90 valence electrons. The normalized spacial score (nSPS) is 44.3. The molecule has 0 saturated heterocycles. The maximum Gasteiger partial charge on any atom is 0.224 e. The van der Waals surface area contributed by atoms with E-state index in [0.29, 0.717) is 11.8 Å². The number of nitrogens with one attached hydrogen (secondary N) is 1. The second-order valence-corrected chi connectivity index (χ2v) is 6.54. The van der Waals surface area contributed by atoms with Crippen LogP contribution in [0.3, 0.4) is 0 Å². The molecule has 1 amide bonds. The number of hydrogen-bond acceptors (Lipinski definition) is 2. The van der Waals surface area contributed by atoms with Crippen LogP contribution in [-0.2, 0) is 4.79 Å². The molecule has 0 aliphatic heterocycles. The van der Waals surface area contributed by atoms with Gasteiger partial charge in [-0.2, -0.15) is 0 Å². The van der Waals surface area contributed by atoms with Crippen molar-refractivity contribution in [2.75, 3.05) is 6.61 Å². The number of carbonyl (C=O) groups excluding carboxylic acids is 1. The van der Waals surface area contributed by atoms with Crippen LogP contribution in [0.15, 0.2) is 0 Å². The summed E-state index contributed by atoms with van der Waals surface area (Å²) in [6.07, 6.45) is 4.07. The number of hydrogen-bond donors (Lipinski definition) is 2. The standard InChI is InChI=1S/C13H21NO2/c1-13(2,6-15)14-12(16)11-9-7-3-4-8(5-7)10(9)11/h7-11,15H,3-6H2,1-2H3,(H,14,16). The van der Waals surface area contributed by atoms with Gasteiger partial charge in [-0.3, -0.25) is 4.79 Å². The predicted octanol–water partition coefficient (Wildman–Crippen LogP) is 1.17. The first-order valence-corrected chi connectivity index (χ1v) is 6.46. The lowest BCUT2D eigenvalue weighted by Crippen LogP contribution is -2.47. The van der Waals surface area contributed by atoms with Crippen molar-refractivity contribution in [1.82, 2.24) is 5.32 Å². The molecule has 3 rings (SSSR count). The van der Waals surface area contributed by atoms with E-state index in [4.69, 9.17) is 5.11 Å². The van der Waals surface area contributed by atoms with E-state index in [-0.39, 0.29) is 18.4 Å². The van der Waals surface area contributed by atoms with Crippen molar-refractivity contribution in [3.63, 3.8) is 0 Å². The highest BCUT2D eigenvalue weighted by Crippen LogP contribution is 2.69. The van der Waals surface area contributed by atoms with Gasteiger partial charge < -0.3 is 10.4 Å². The molecule has 2 N–H and O–H groups in total. The van der Waals surface area contributed by atoms with Crippen molar-refractivity contribution in [2.45, 2.75) is 38.6 Å². The number of rotatable bonds is 3. The van der Waals surface area contributed by atoms with E-state index in [1.54, 1.807) is 0 Å². The summed E-state index contributed by atoms with van der Waals surface area (Å²) in [5.74, 6) is 3.51. The number of fused-ring (bicyclic) bond motifs is 5. The molecule has 3 nitrogen and oxygen atoms in total. The topological polar surface area (TPSA) is 49.3 Å². The Morgan fingerprint density at radius 2 is 1.88 bits per heavy atom. The molecule has 0 aromatic rings. The molecule has 0 radical (unpaired) electrons. The Balaban J connectivity index is 1.63. The van der Waals surface area contributed by atoms with Gasteiger partial charge in [0.1, 0.15) is 0 Å². The lowest BCUT2D eigenvalue weighted by Gasteiger charge is -2.24. The van der Waals surface area contributed by atoms with Crippen LogP contribution in [0, 0.1) is 29.6 Å². The van der Waals surface area contributed by atoms with Crippen molar-refractivity contribution in [3.8, 4) is 0 Å². The number of carbonyl (C=O) groups is 1. The van der Waals surface area contributed by atoms with Crippen molar-refractivity contribution >= 4 is 5.91 Å². The Morgan fingerprint density at radius 3 is 2.38 bits per heavy atom. The fraction of sp³-hybridized carbons (Fsp3) is 0.923. The van der Waals surface area contributed by atoms with Gasteiger partial charge in [0.15, 0.2) is 0 Å². The summed E-state index contributed by atoms with van der Waals surface area (Å²) in [5.41, 5.74) is -0.465. The van der Waals surface area contributed by atoms with Crippen LogP contribution >= 0.6 is 0 Å². The lowest BCUT2D eigenvalue weighted by atomic mass is 10.0. The van der Waals surface area contributed by atoms with E-state index in [1.165, 1.54) is 19.3 Å². The lowest BCUT2D eigenvalue weighted by molar-refractivity contribution is -0.125. The molecule has 3 aliphatic carbocycles. The van der Waals surface area contributed by atoms with E-state index in [9.17, 15) is 4.79 Å². The van der Waals surface area contributed by atoms with Gasteiger partial charge in [-0.25, -0.2) is 0 Å². The minimum absolute atomic E-state index is 0.00759. The average molecular weight is 223 g/mol. The fourth-order valence-electron chi connectivity index (χ4n) is 4.13. The van der Waals surface area contributed by atoms with Gasteiger partial charge in [0.2, 0.25) is 5.91 Å². The van der Waals surface area contributed by atoms with Crippen LogP contribution < -0.4 is 5.32 Å². The SMILES string of the molecule is CC(C)(CO)NC(=O)C1C2C3CCC(C3)C12. The van der Waals surface area contributed by atoms with E-state index < -0.39 is 5.54 Å². The zero-order valence-corrected chi connectivity index (χ0v) is 10.1. The minimum Gasteiger partial charge on any atom is -0.394 e. The van der Waals surface area contributed by atoms with Crippen LogP contribution in [0.5, 0.6) is 0 Å². The summed E-state index contributed by atoms with van der Waals surface area (Å²) in [4.78, 5) is 12.1. The molecule has 16 heavy (non-hydrogen) atoms. The molecule has 0 aromatic heterocycles. The second kappa shape index (κ2) is 3.22. The first kappa shape index (κ1) is 10.6. The smallest absolute Gasteiger partial charge is 0.224 e. The van der Waals surface area contributed by atoms with E-state index in [1.807, 2.05) is 13.8 Å². The third-order valence-corrected chi connectivity index (χ3v) is 4.89. The molecule has 3 saturated carbocycles. The maximum absolute atomic E-state index is 12.1. The molecule has 3 aliphatic rings. The van der Waals surface area contributed by atoms with Crippen LogP contribution in [0.4, 0.5) is 0 Å². The Labute approximate surface area is 96.6 Å². The quantitative estimate of drug-likeness (QED) is 0.754. The van der Waals surface area contributed by atoms with E-state index >= 15 is 0 Å². The largest absolute Gasteiger partial charge is 0.394 e. The van der Waals surface area contributed by atoms with Gasteiger partial charge in [-0.1, -0.05) is 0 Å². The summed E-state index contributed by atoms with van der Waals surface area (Å²) in [6, 6.07) is 0. The predicted molar refractivity (Wildman–Crippen MR) is 60.6 cm³/mol. The molecule has 3 fully saturated rings. The van der Waals surface area contributed by atoms with Gasteiger partial charge in [-0.15, -0.1) is 0 Å². The van der Waals surface area contributed by atoms with Gasteiger partial charge in [0, 0.05) is 5.92 Å². The first-order valence-electron chi connectivity index (χ1n) is 6.46. The Morgan fingerprint density at radius 1 is 1.31 bits per heavy atom. The summed E-state index contributed by atoms with van der Waals surface area (Å²) < 4.78 is 0. The molecule has 4 unspecified atom stereocenters. The van der Waals surface area contributed by atoms with Crippen molar-refractivity contribution < 1.29 is 9.90 Å². The highest BCUT2D eigenvalue weighted by atomic mass is 16.3. The van der Waals surface area contributed by atoms with Crippen LogP contribution in [0.2, 0.25) is 0 Å². The van der Waals surface area contributed by atoms with Crippen molar-refractivity contribution in [1.29, 1.82) is 0 Å². The zero-order valence-electron chi connectivity index (χ0n) is 10.1. The number of amides is 1. The molecule has 0 spiro atoms. The Hall–Kier alpha value is -0.570. The summed E-state index contributed by atoms with van der Waals surface area (Å²) in [5, 5.41) is 12.1. The van der Waals surface area contributed by atoms with Gasteiger partial charge in [-0.05, 0) is 56.8 Å². The van der Waals surface area contributed by atoms with Crippen molar-refractivity contribution in [2.24, 2.45) is 29.6 Å². The molecule has 0 heterocycles. The fourth-order valence-corrected chi connectivity index (χ4v) is 4.13. The average Bonchev–Trinajstić information content (AvgIpc) is 2.69. The molecule has 4 atom stereocenters. The van der Waals surface area contributed by atoms with Crippen LogP contribution in [0.1, 0.15) is 33.1 Å². The monoisotopic (exact) mass is 223 g/mol. The molecule has 0 aromatic carbocycles. The zero-order chi connectivity index (χ0) is 11.5. The Bertz CT molecular complexity index is 310. The Kier molecular flexibility index (Phi) is 2.13. The number of aliphatic hydroxyl groups is 1. The van der Waals surface area contributed by atoms with Gasteiger partial charge in [0.25, 0.3) is 0 Å². The third-order valence-electron chi connectivity index (χ3n) is 4.89. The molecule has 3 heteroatoms. The highest BCUT2D eigenvalue weighted by molar-refractivity contribution is 5.83. The molecular formula is C13H21NO2. The minimum atomic E-state index is -0.465. The van der Waals surface area contributed by atoms with E-state index in [0.717, 1.165) is 11.8 Å². The summed E-state index contributed by atoms with van der Waals surface area (Å²) in [6.45, 7) is 3.75. The summed E-state index contributed by atoms with van der Waals surface area (Å²) in [7, 11) is 0. The summed E-state index contributed by atoms with van der Waals surface area (Å²) >= 11 is 0. The molecular weight excluding hydrogens is 202 g/mol. The highest BCUT2D eigenvalue weighted by Gasteiger charge is 2.67. The first-order chi connectivity index (χ1) is 7.53.